The van der Waals surface area contributed by atoms with E-state index in [9.17, 15) is 18.4 Å². The lowest BCUT2D eigenvalue weighted by atomic mass is 9.64. The summed E-state index contributed by atoms with van der Waals surface area (Å²) in [5, 5.41) is 9.17. The highest BCUT2D eigenvalue weighted by Gasteiger charge is 2.64. The van der Waals surface area contributed by atoms with E-state index in [1.807, 2.05) is 11.0 Å². The molecule has 0 bridgehead atoms. The Bertz CT molecular complexity index is 682. The number of nitrogens with zero attached hydrogens (tertiary/aromatic N) is 2. The third-order valence-corrected chi connectivity index (χ3v) is 6.91. The zero-order valence-corrected chi connectivity index (χ0v) is 16.6. The fourth-order valence-electron chi connectivity index (χ4n) is 4.67. The maximum atomic E-state index is 13.7. The fourth-order valence-corrected chi connectivity index (χ4v) is 4.67. The summed E-state index contributed by atoms with van der Waals surface area (Å²) in [5.74, 6) is 0.410. The number of hydrogen-bond acceptors (Lipinski definition) is 3. The van der Waals surface area contributed by atoms with Gasteiger partial charge in [-0.2, -0.15) is 18.4 Å². The summed E-state index contributed by atoms with van der Waals surface area (Å²) < 4.78 is 46.7. The van der Waals surface area contributed by atoms with E-state index >= 15 is 0 Å². The summed E-state index contributed by atoms with van der Waals surface area (Å²) in [5.41, 5.74) is -1.30. The zero-order chi connectivity index (χ0) is 20.4. The Kier molecular flexibility index (Phi) is 6.07. The van der Waals surface area contributed by atoms with Crippen LogP contribution in [-0.4, -0.2) is 35.8 Å². The van der Waals surface area contributed by atoms with E-state index in [4.69, 9.17) is 4.74 Å². The zero-order valence-electron chi connectivity index (χ0n) is 16.6. The molecule has 0 radical (unpaired) electrons. The van der Waals surface area contributed by atoms with Crippen LogP contribution < -0.4 is 0 Å². The quantitative estimate of drug-likeness (QED) is 0.655. The van der Waals surface area contributed by atoms with Crippen molar-refractivity contribution in [1.82, 2.24) is 4.90 Å². The van der Waals surface area contributed by atoms with Crippen LogP contribution in [0.2, 0.25) is 0 Å². The van der Waals surface area contributed by atoms with E-state index in [0.717, 1.165) is 31.2 Å². The normalized spacial score (nSPS) is 28.0. The predicted octanol–water partition coefficient (Wildman–Crippen LogP) is 5.32. The van der Waals surface area contributed by atoms with Crippen molar-refractivity contribution in [2.75, 3.05) is 13.1 Å². The number of rotatable bonds is 6. The molecule has 0 aromatic heterocycles. The Morgan fingerprint density at radius 1 is 1.18 bits per heavy atom. The molecule has 0 atom stereocenters. The van der Waals surface area contributed by atoms with Crippen LogP contribution in [0, 0.1) is 22.7 Å². The molecule has 2 fully saturated rings. The van der Waals surface area contributed by atoms with Gasteiger partial charge in [0, 0.05) is 25.6 Å². The van der Waals surface area contributed by atoms with Gasteiger partial charge in [-0.1, -0.05) is 44.2 Å². The lowest BCUT2D eigenvalue weighted by Gasteiger charge is -2.55. The molecule has 6 heteroatoms. The monoisotopic (exact) mass is 394 g/mol. The molecule has 1 saturated heterocycles. The average molecular weight is 394 g/mol. The fraction of sp³-hybridized carbons (Fsp3) is 0.682. The van der Waals surface area contributed by atoms with Crippen LogP contribution in [0.25, 0.3) is 0 Å². The number of hydrogen-bond donors (Lipinski definition) is 0. The number of halogens is 3. The van der Waals surface area contributed by atoms with Gasteiger partial charge in [0.2, 0.25) is 0 Å². The van der Waals surface area contributed by atoms with Crippen molar-refractivity contribution in [3.63, 3.8) is 0 Å². The standard InChI is InChI=1S/C22H29F3N2O/c1-17(2)20(12-13-26)10-8-19(9-11-20)27-15-21(16-27,22(23,24)25)28-14-18-6-4-3-5-7-18/h3-7,17,19H,8-12,14-16H2,1-2H3. The van der Waals surface area contributed by atoms with Crippen LogP contribution >= 0.6 is 0 Å². The summed E-state index contributed by atoms with van der Waals surface area (Å²) >= 11 is 0. The van der Waals surface area contributed by atoms with Crippen molar-refractivity contribution >= 4 is 0 Å². The van der Waals surface area contributed by atoms with E-state index in [1.54, 1.807) is 24.3 Å². The van der Waals surface area contributed by atoms with Gasteiger partial charge in [0.1, 0.15) is 0 Å². The molecular formula is C22H29F3N2O. The SMILES string of the molecule is CC(C)C1(CC#N)CCC(N2CC(OCc3ccccc3)(C(F)(F)F)C2)CC1. The predicted molar refractivity (Wildman–Crippen MR) is 101 cm³/mol. The van der Waals surface area contributed by atoms with Crippen molar-refractivity contribution in [2.24, 2.45) is 11.3 Å². The van der Waals surface area contributed by atoms with Gasteiger partial charge in [0.15, 0.2) is 5.60 Å². The Hall–Kier alpha value is -1.58. The molecule has 1 aromatic rings. The minimum Gasteiger partial charge on any atom is -0.358 e. The molecule has 1 heterocycles. The lowest BCUT2D eigenvalue weighted by Crippen LogP contribution is -2.72. The molecule has 0 amide bonds. The van der Waals surface area contributed by atoms with Crippen LogP contribution in [0.4, 0.5) is 13.2 Å². The van der Waals surface area contributed by atoms with Gasteiger partial charge < -0.3 is 4.74 Å². The molecular weight excluding hydrogens is 365 g/mol. The van der Waals surface area contributed by atoms with E-state index in [0.29, 0.717) is 12.3 Å². The van der Waals surface area contributed by atoms with Gasteiger partial charge in [0.25, 0.3) is 0 Å². The minimum atomic E-state index is -4.38. The average Bonchev–Trinajstić information content (AvgIpc) is 2.62. The largest absolute Gasteiger partial charge is 0.419 e. The smallest absolute Gasteiger partial charge is 0.358 e. The Balaban J connectivity index is 1.59. The van der Waals surface area contributed by atoms with Crippen molar-refractivity contribution < 1.29 is 17.9 Å². The molecule has 1 aliphatic heterocycles. The molecule has 1 aromatic carbocycles. The second kappa shape index (κ2) is 8.04. The molecule has 28 heavy (non-hydrogen) atoms. The van der Waals surface area contributed by atoms with Crippen molar-refractivity contribution in [2.45, 2.75) is 70.4 Å². The van der Waals surface area contributed by atoms with Gasteiger partial charge in [-0.15, -0.1) is 0 Å². The summed E-state index contributed by atoms with van der Waals surface area (Å²) in [4.78, 5) is 1.93. The highest BCUT2D eigenvalue weighted by Crippen LogP contribution is 2.49. The Labute approximate surface area is 165 Å². The molecule has 0 unspecified atom stereocenters. The first-order chi connectivity index (χ1) is 13.2. The highest BCUT2D eigenvalue weighted by atomic mass is 19.4. The van der Waals surface area contributed by atoms with Crippen molar-refractivity contribution in [3.05, 3.63) is 35.9 Å². The van der Waals surface area contributed by atoms with Crippen LogP contribution in [0.5, 0.6) is 0 Å². The molecule has 0 N–H and O–H groups in total. The lowest BCUT2D eigenvalue weighted by molar-refractivity contribution is -0.327. The summed E-state index contributed by atoms with van der Waals surface area (Å²) in [6.07, 6.45) is -0.328. The van der Waals surface area contributed by atoms with Gasteiger partial charge >= 0.3 is 6.18 Å². The summed E-state index contributed by atoms with van der Waals surface area (Å²) in [6, 6.07) is 11.5. The Morgan fingerprint density at radius 3 is 2.29 bits per heavy atom. The third kappa shape index (κ3) is 4.06. The molecule has 1 aliphatic carbocycles. The van der Waals surface area contributed by atoms with Crippen molar-refractivity contribution in [1.29, 1.82) is 5.26 Å². The van der Waals surface area contributed by atoms with Gasteiger partial charge in [-0.25, -0.2) is 0 Å². The third-order valence-electron chi connectivity index (χ3n) is 6.91. The topological polar surface area (TPSA) is 36.3 Å². The van der Waals surface area contributed by atoms with Gasteiger partial charge in [-0.3, -0.25) is 4.90 Å². The van der Waals surface area contributed by atoms with Crippen molar-refractivity contribution in [3.8, 4) is 6.07 Å². The molecule has 154 valence electrons. The van der Waals surface area contributed by atoms with E-state index in [2.05, 4.69) is 19.9 Å². The first kappa shape index (κ1) is 21.1. The van der Waals surface area contributed by atoms with Gasteiger partial charge in [-0.05, 0) is 42.6 Å². The first-order valence-electron chi connectivity index (χ1n) is 10.1. The van der Waals surface area contributed by atoms with Crippen LogP contribution in [0.1, 0.15) is 51.5 Å². The molecule has 2 aliphatic rings. The summed E-state index contributed by atoms with van der Waals surface area (Å²) in [7, 11) is 0. The number of likely N-dealkylation sites (tertiary alicyclic amines) is 1. The van der Waals surface area contributed by atoms with Crippen LogP contribution in [0.15, 0.2) is 30.3 Å². The molecule has 1 saturated carbocycles. The maximum Gasteiger partial charge on any atom is 0.419 e. The molecule has 3 nitrogen and oxygen atoms in total. The second-order valence-corrected chi connectivity index (χ2v) is 8.75. The van der Waals surface area contributed by atoms with E-state index in [1.165, 1.54) is 0 Å². The number of nitriles is 1. The number of ether oxygens (including phenoxy) is 1. The Morgan fingerprint density at radius 2 is 1.79 bits per heavy atom. The first-order valence-corrected chi connectivity index (χ1v) is 10.1. The number of alkyl halides is 3. The maximum absolute atomic E-state index is 13.7. The van der Waals surface area contributed by atoms with E-state index < -0.39 is 11.8 Å². The second-order valence-electron chi connectivity index (χ2n) is 8.75. The molecule has 0 spiro atoms. The minimum absolute atomic E-state index is 0.0149. The van der Waals surface area contributed by atoms with Crippen LogP contribution in [0.3, 0.4) is 0 Å². The molecule has 3 rings (SSSR count). The van der Waals surface area contributed by atoms with Gasteiger partial charge in [0.05, 0.1) is 12.7 Å². The summed E-state index contributed by atoms with van der Waals surface area (Å²) in [6.45, 7) is 4.07. The highest BCUT2D eigenvalue weighted by molar-refractivity contribution is 5.14. The van der Waals surface area contributed by atoms with E-state index in [-0.39, 0.29) is 31.2 Å². The van der Waals surface area contributed by atoms with Crippen LogP contribution in [-0.2, 0) is 11.3 Å². The number of benzene rings is 1.